The Morgan fingerprint density at radius 1 is 1.00 bits per heavy atom. The molecule has 28 heavy (non-hydrogen) atoms. The molecule has 0 fully saturated rings. The fourth-order valence-corrected chi connectivity index (χ4v) is 2.99. The molecule has 0 aliphatic rings. The van der Waals surface area contributed by atoms with E-state index in [4.69, 9.17) is 4.74 Å². The van der Waals surface area contributed by atoms with Gasteiger partial charge >= 0.3 is 0 Å². The molecule has 0 atom stereocenters. The summed E-state index contributed by atoms with van der Waals surface area (Å²) in [5.41, 5.74) is 3.24. The van der Waals surface area contributed by atoms with Gasteiger partial charge in [0.25, 0.3) is 5.56 Å². The van der Waals surface area contributed by atoms with Crippen LogP contribution in [-0.4, -0.2) is 26.4 Å². The Labute approximate surface area is 160 Å². The van der Waals surface area contributed by atoms with Crippen molar-refractivity contribution >= 4 is 0 Å². The number of rotatable bonds is 4. The molecule has 0 unspecified atom stereocenters. The van der Waals surface area contributed by atoms with Crippen molar-refractivity contribution in [2.24, 2.45) is 7.05 Å². The van der Waals surface area contributed by atoms with E-state index < -0.39 is 0 Å². The lowest BCUT2D eigenvalue weighted by molar-refractivity contribution is 0.398. The molecule has 0 saturated heterocycles. The first kappa shape index (κ1) is 17.7. The van der Waals surface area contributed by atoms with Gasteiger partial charge in [0.2, 0.25) is 5.88 Å². The Kier molecular flexibility index (Phi) is 4.49. The van der Waals surface area contributed by atoms with Crippen molar-refractivity contribution in [2.75, 3.05) is 7.11 Å². The lowest BCUT2D eigenvalue weighted by Gasteiger charge is -2.10. The third kappa shape index (κ3) is 3.18. The number of pyridine rings is 2. The number of ether oxygens (including phenoxy) is 1. The number of para-hydroxylation sites is 1. The van der Waals surface area contributed by atoms with Crippen molar-refractivity contribution in [3.8, 4) is 33.8 Å². The van der Waals surface area contributed by atoms with Crippen LogP contribution in [0.3, 0.4) is 0 Å². The van der Waals surface area contributed by atoms with Crippen LogP contribution in [-0.2, 0) is 7.05 Å². The second kappa shape index (κ2) is 7.11. The highest BCUT2D eigenvalue weighted by Crippen LogP contribution is 2.31. The Hall–Kier alpha value is -3.74. The molecule has 3 aromatic heterocycles. The maximum absolute atomic E-state index is 14.1. The molecule has 0 N–H and O–H groups in total. The van der Waals surface area contributed by atoms with Crippen LogP contribution in [0.5, 0.6) is 5.88 Å². The molecule has 6 nitrogen and oxygen atoms in total. The fourth-order valence-electron chi connectivity index (χ4n) is 2.99. The first-order chi connectivity index (χ1) is 13.6. The summed E-state index contributed by atoms with van der Waals surface area (Å²) < 4.78 is 22.2. The van der Waals surface area contributed by atoms with E-state index in [9.17, 15) is 9.18 Å². The summed E-state index contributed by atoms with van der Waals surface area (Å²) in [5.74, 6) is 0.124. The maximum Gasteiger partial charge on any atom is 0.250 e. The summed E-state index contributed by atoms with van der Waals surface area (Å²) in [7, 11) is 3.23. The summed E-state index contributed by atoms with van der Waals surface area (Å²) in [6, 6.07) is 11.5. The SMILES string of the molecule is COc1ccc(-c2cc(=O)n(C)cc2-c2cnn(-c3ccccc3F)c2)cn1. The standard InChI is InChI=1S/C21H17FN4O2/c1-25-13-17(15-11-24-26(12-15)19-6-4-3-5-18(19)22)16(9-21(25)27)14-7-8-20(28-2)23-10-14/h3-13H,1-2H3. The van der Waals surface area contributed by atoms with Gasteiger partial charge in [0.05, 0.1) is 13.3 Å². The first-order valence-corrected chi connectivity index (χ1v) is 8.58. The van der Waals surface area contributed by atoms with Crippen LogP contribution < -0.4 is 10.3 Å². The fraction of sp³-hybridized carbons (Fsp3) is 0.0952. The average Bonchev–Trinajstić information content (AvgIpc) is 3.20. The minimum atomic E-state index is -0.364. The lowest BCUT2D eigenvalue weighted by atomic mass is 9.99. The zero-order valence-electron chi connectivity index (χ0n) is 15.3. The van der Waals surface area contributed by atoms with Crippen LogP contribution >= 0.6 is 0 Å². The van der Waals surface area contributed by atoms with Gasteiger partial charge in [-0.05, 0) is 23.8 Å². The summed E-state index contributed by atoms with van der Waals surface area (Å²) >= 11 is 0. The molecule has 0 saturated carbocycles. The Morgan fingerprint density at radius 2 is 1.82 bits per heavy atom. The second-order valence-electron chi connectivity index (χ2n) is 6.26. The second-order valence-corrected chi connectivity index (χ2v) is 6.26. The molecule has 4 rings (SSSR count). The minimum absolute atomic E-state index is 0.143. The van der Waals surface area contributed by atoms with Crippen LogP contribution in [0.25, 0.3) is 27.9 Å². The van der Waals surface area contributed by atoms with Crippen LogP contribution in [0, 0.1) is 5.82 Å². The van der Waals surface area contributed by atoms with Gasteiger partial charge in [0, 0.05) is 54.5 Å². The molecular formula is C21H17FN4O2. The summed E-state index contributed by atoms with van der Waals surface area (Å²) in [6.45, 7) is 0. The van der Waals surface area contributed by atoms with E-state index in [1.165, 1.54) is 15.3 Å². The van der Waals surface area contributed by atoms with E-state index in [0.717, 1.165) is 16.7 Å². The van der Waals surface area contributed by atoms with Gasteiger partial charge in [-0.3, -0.25) is 4.79 Å². The van der Waals surface area contributed by atoms with Crippen molar-refractivity contribution in [1.82, 2.24) is 19.3 Å². The normalized spacial score (nSPS) is 10.8. The van der Waals surface area contributed by atoms with E-state index in [1.54, 1.807) is 69.3 Å². The van der Waals surface area contributed by atoms with Crippen molar-refractivity contribution in [2.45, 2.75) is 0 Å². The number of hydrogen-bond acceptors (Lipinski definition) is 4. The van der Waals surface area contributed by atoms with Gasteiger partial charge in [0.15, 0.2) is 0 Å². The lowest BCUT2D eigenvalue weighted by Crippen LogP contribution is -2.15. The van der Waals surface area contributed by atoms with E-state index >= 15 is 0 Å². The highest BCUT2D eigenvalue weighted by atomic mass is 19.1. The van der Waals surface area contributed by atoms with Crippen molar-refractivity contribution in [3.05, 3.63) is 83.4 Å². The molecule has 7 heteroatoms. The van der Waals surface area contributed by atoms with Crippen molar-refractivity contribution < 1.29 is 9.13 Å². The molecule has 0 aliphatic heterocycles. The predicted molar refractivity (Wildman–Crippen MR) is 104 cm³/mol. The molecule has 0 radical (unpaired) electrons. The van der Waals surface area contributed by atoms with E-state index in [2.05, 4.69) is 10.1 Å². The van der Waals surface area contributed by atoms with Crippen molar-refractivity contribution in [1.29, 1.82) is 0 Å². The summed E-state index contributed by atoms with van der Waals surface area (Å²) in [4.78, 5) is 16.5. The van der Waals surface area contributed by atoms with Crippen LogP contribution in [0.4, 0.5) is 4.39 Å². The number of halogens is 1. The Bertz CT molecular complexity index is 1200. The topological polar surface area (TPSA) is 61.9 Å². The highest BCUT2D eigenvalue weighted by molar-refractivity contribution is 5.82. The Balaban J connectivity index is 1.85. The molecule has 0 bridgehead atoms. The molecule has 0 spiro atoms. The number of aromatic nitrogens is 4. The molecule has 1 aromatic carbocycles. The molecule has 3 heterocycles. The van der Waals surface area contributed by atoms with Crippen LogP contribution in [0.2, 0.25) is 0 Å². The molecule has 0 amide bonds. The van der Waals surface area contributed by atoms with Gasteiger partial charge in [-0.2, -0.15) is 5.10 Å². The van der Waals surface area contributed by atoms with E-state index in [-0.39, 0.29) is 11.4 Å². The van der Waals surface area contributed by atoms with Crippen LogP contribution in [0.15, 0.2) is 72.0 Å². The Morgan fingerprint density at radius 3 is 2.54 bits per heavy atom. The predicted octanol–water partition coefficient (Wildman–Crippen LogP) is 3.45. The molecule has 0 aliphatic carbocycles. The number of methoxy groups -OCH3 is 1. The smallest absolute Gasteiger partial charge is 0.250 e. The van der Waals surface area contributed by atoms with E-state index in [1.807, 2.05) is 6.07 Å². The summed E-state index contributed by atoms with van der Waals surface area (Å²) in [5, 5.41) is 4.29. The first-order valence-electron chi connectivity index (χ1n) is 8.58. The number of hydrogen-bond donors (Lipinski definition) is 0. The number of nitrogens with zero attached hydrogens (tertiary/aromatic N) is 4. The molecular weight excluding hydrogens is 359 g/mol. The van der Waals surface area contributed by atoms with E-state index in [0.29, 0.717) is 17.1 Å². The number of benzene rings is 1. The van der Waals surface area contributed by atoms with Gasteiger partial charge in [-0.25, -0.2) is 14.1 Å². The average molecular weight is 376 g/mol. The summed E-state index contributed by atoms with van der Waals surface area (Å²) in [6.07, 6.45) is 6.77. The van der Waals surface area contributed by atoms with Gasteiger partial charge in [-0.1, -0.05) is 12.1 Å². The third-order valence-corrected chi connectivity index (χ3v) is 4.48. The highest BCUT2D eigenvalue weighted by Gasteiger charge is 2.14. The van der Waals surface area contributed by atoms with Gasteiger partial charge in [0.1, 0.15) is 11.5 Å². The van der Waals surface area contributed by atoms with Crippen molar-refractivity contribution in [3.63, 3.8) is 0 Å². The van der Waals surface area contributed by atoms with Gasteiger partial charge in [-0.15, -0.1) is 0 Å². The minimum Gasteiger partial charge on any atom is -0.481 e. The molecule has 140 valence electrons. The largest absolute Gasteiger partial charge is 0.481 e. The molecule has 4 aromatic rings. The zero-order valence-corrected chi connectivity index (χ0v) is 15.3. The quantitative estimate of drug-likeness (QED) is 0.547. The number of aryl methyl sites for hydroxylation is 1. The van der Waals surface area contributed by atoms with Crippen LogP contribution in [0.1, 0.15) is 0 Å². The monoisotopic (exact) mass is 376 g/mol. The van der Waals surface area contributed by atoms with Gasteiger partial charge < -0.3 is 9.30 Å². The maximum atomic E-state index is 14.1. The zero-order chi connectivity index (χ0) is 19.7. The third-order valence-electron chi connectivity index (χ3n) is 4.48.